The highest BCUT2D eigenvalue weighted by Gasteiger charge is 2.00. The van der Waals surface area contributed by atoms with Crippen LogP contribution >= 0.6 is 11.8 Å². The fourth-order valence-electron chi connectivity index (χ4n) is 0.828. The van der Waals surface area contributed by atoms with Crippen LogP contribution in [0.2, 0.25) is 0 Å². The Morgan fingerprint density at radius 1 is 1.67 bits per heavy atom. The Kier molecular flexibility index (Phi) is 3.62. The summed E-state index contributed by atoms with van der Waals surface area (Å²) in [5, 5.41) is 0.649. The standard InChI is InChI=1S/C8H15N3S/c1-6(2)12-5-8-10-4-7(3-9)11-8/h4,6H,3,5,9H2,1-2H3,(H,10,11). The number of thioether (sulfide) groups is 1. The number of nitrogens with two attached hydrogens (primary N) is 1. The molecule has 0 aliphatic carbocycles. The van der Waals surface area contributed by atoms with Crippen LogP contribution in [0.3, 0.4) is 0 Å². The van der Waals surface area contributed by atoms with Gasteiger partial charge in [0.1, 0.15) is 5.82 Å². The molecule has 0 amide bonds. The quantitative estimate of drug-likeness (QED) is 0.747. The van der Waals surface area contributed by atoms with Crippen LogP contribution in [-0.4, -0.2) is 15.2 Å². The van der Waals surface area contributed by atoms with Crippen LogP contribution in [0.25, 0.3) is 0 Å². The van der Waals surface area contributed by atoms with E-state index in [1.165, 1.54) is 0 Å². The van der Waals surface area contributed by atoms with Crippen LogP contribution in [0.15, 0.2) is 6.20 Å². The van der Waals surface area contributed by atoms with Crippen molar-refractivity contribution in [2.24, 2.45) is 5.73 Å². The molecule has 0 radical (unpaired) electrons. The van der Waals surface area contributed by atoms with Gasteiger partial charge in [-0.3, -0.25) is 0 Å². The first-order chi connectivity index (χ1) is 5.72. The molecule has 1 rings (SSSR count). The van der Waals surface area contributed by atoms with E-state index in [0.29, 0.717) is 11.8 Å². The van der Waals surface area contributed by atoms with E-state index >= 15 is 0 Å². The van der Waals surface area contributed by atoms with Crippen molar-refractivity contribution in [2.45, 2.75) is 31.4 Å². The molecule has 68 valence electrons. The monoisotopic (exact) mass is 185 g/mol. The summed E-state index contributed by atoms with van der Waals surface area (Å²) in [5.74, 6) is 1.96. The lowest BCUT2D eigenvalue weighted by Crippen LogP contribution is -1.96. The molecular weight excluding hydrogens is 170 g/mol. The summed E-state index contributed by atoms with van der Waals surface area (Å²) >= 11 is 1.87. The normalized spacial score (nSPS) is 11.0. The van der Waals surface area contributed by atoms with Crippen molar-refractivity contribution in [2.75, 3.05) is 0 Å². The molecule has 1 heterocycles. The summed E-state index contributed by atoms with van der Waals surface area (Å²) in [7, 11) is 0. The Morgan fingerprint density at radius 3 is 2.92 bits per heavy atom. The predicted octanol–water partition coefficient (Wildman–Crippen LogP) is 1.51. The van der Waals surface area contributed by atoms with Gasteiger partial charge in [0.15, 0.2) is 0 Å². The van der Waals surface area contributed by atoms with Crippen LogP contribution in [0, 0.1) is 0 Å². The molecule has 1 aromatic heterocycles. The van der Waals surface area contributed by atoms with Crippen LogP contribution in [0.5, 0.6) is 0 Å². The molecule has 0 aliphatic rings. The maximum atomic E-state index is 5.44. The van der Waals surface area contributed by atoms with Gasteiger partial charge in [-0.2, -0.15) is 11.8 Å². The van der Waals surface area contributed by atoms with Crippen molar-refractivity contribution >= 4 is 11.8 Å². The number of nitrogens with one attached hydrogen (secondary N) is 1. The van der Waals surface area contributed by atoms with Gasteiger partial charge in [-0.15, -0.1) is 0 Å². The molecule has 4 heteroatoms. The van der Waals surface area contributed by atoms with Crippen LogP contribution < -0.4 is 5.73 Å². The minimum Gasteiger partial charge on any atom is -0.344 e. The summed E-state index contributed by atoms with van der Waals surface area (Å²) in [4.78, 5) is 7.36. The highest BCUT2D eigenvalue weighted by atomic mass is 32.2. The number of imidazole rings is 1. The largest absolute Gasteiger partial charge is 0.344 e. The molecule has 0 aliphatic heterocycles. The zero-order valence-electron chi connectivity index (χ0n) is 7.50. The second-order valence-electron chi connectivity index (χ2n) is 2.92. The number of aromatic nitrogens is 2. The van der Waals surface area contributed by atoms with Crippen molar-refractivity contribution in [3.05, 3.63) is 17.7 Å². The van der Waals surface area contributed by atoms with Gasteiger partial charge in [-0.05, 0) is 5.25 Å². The van der Waals surface area contributed by atoms with Gasteiger partial charge < -0.3 is 10.7 Å². The molecule has 1 aromatic rings. The zero-order valence-corrected chi connectivity index (χ0v) is 8.32. The minimum atomic E-state index is 0.541. The number of hydrogen-bond acceptors (Lipinski definition) is 3. The van der Waals surface area contributed by atoms with E-state index in [1.807, 2.05) is 11.8 Å². The maximum Gasteiger partial charge on any atom is 0.116 e. The number of aromatic amines is 1. The molecule has 0 atom stereocenters. The summed E-state index contributed by atoms with van der Waals surface area (Å²) in [6.45, 7) is 4.90. The van der Waals surface area contributed by atoms with Gasteiger partial charge in [0.05, 0.1) is 5.75 Å². The SMILES string of the molecule is CC(C)SCc1ncc(CN)[nH]1. The summed E-state index contributed by atoms with van der Waals surface area (Å²) < 4.78 is 0. The third-order valence-electron chi connectivity index (χ3n) is 1.45. The van der Waals surface area contributed by atoms with E-state index in [1.54, 1.807) is 6.20 Å². The summed E-state index contributed by atoms with van der Waals surface area (Å²) in [5.41, 5.74) is 6.45. The molecule has 12 heavy (non-hydrogen) atoms. The minimum absolute atomic E-state index is 0.541. The van der Waals surface area contributed by atoms with Gasteiger partial charge in [0, 0.05) is 18.4 Å². The average molecular weight is 185 g/mol. The van der Waals surface area contributed by atoms with E-state index in [4.69, 9.17) is 5.73 Å². The van der Waals surface area contributed by atoms with E-state index in [9.17, 15) is 0 Å². The third kappa shape index (κ3) is 2.87. The van der Waals surface area contributed by atoms with Crippen LogP contribution in [-0.2, 0) is 12.3 Å². The molecule has 3 N–H and O–H groups in total. The first-order valence-electron chi connectivity index (χ1n) is 4.06. The molecular formula is C8H15N3S. The van der Waals surface area contributed by atoms with Gasteiger partial charge >= 0.3 is 0 Å². The van der Waals surface area contributed by atoms with Gasteiger partial charge in [-0.1, -0.05) is 13.8 Å². The van der Waals surface area contributed by atoms with E-state index in [2.05, 4.69) is 23.8 Å². The first-order valence-corrected chi connectivity index (χ1v) is 5.11. The van der Waals surface area contributed by atoms with Gasteiger partial charge in [0.25, 0.3) is 0 Å². The van der Waals surface area contributed by atoms with Gasteiger partial charge in [0.2, 0.25) is 0 Å². The van der Waals surface area contributed by atoms with Crippen LogP contribution in [0.1, 0.15) is 25.4 Å². The zero-order chi connectivity index (χ0) is 8.97. The molecule has 0 spiro atoms. The van der Waals surface area contributed by atoms with Crippen molar-refractivity contribution < 1.29 is 0 Å². The van der Waals surface area contributed by atoms with Gasteiger partial charge in [-0.25, -0.2) is 4.98 Å². The Morgan fingerprint density at radius 2 is 2.42 bits per heavy atom. The third-order valence-corrected chi connectivity index (χ3v) is 2.56. The second kappa shape index (κ2) is 4.52. The number of hydrogen-bond donors (Lipinski definition) is 2. The molecule has 0 unspecified atom stereocenters. The summed E-state index contributed by atoms with van der Waals surface area (Å²) in [6.07, 6.45) is 1.80. The molecule has 3 nitrogen and oxygen atoms in total. The Labute approximate surface area is 77.1 Å². The topological polar surface area (TPSA) is 54.7 Å². The number of nitrogens with zero attached hydrogens (tertiary/aromatic N) is 1. The lowest BCUT2D eigenvalue weighted by molar-refractivity contribution is 0.990. The second-order valence-corrected chi connectivity index (χ2v) is 4.48. The van der Waals surface area contributed by atoms with Crippen molar-refractivity contribution in [3.8, 4) is 0 Å². The average Bonchev–Trinajstić information content (AvgIpc) is 2.48. The Balaban J connectivity index is 2.41. The highest BCUT2D eigenvalue weighted by Crippen LogP contribution is 2.14. The molecule has 0 fully saturated rings. The number of rotatable bonds is 4. The fraction of sp³-hybridized carbons (Fsp3) is 0.625. The molecule has 0 saturated carbocycles. The summed E-state index contributed by atoms with van der Waals surface area (Å²) in [6, 6.07) is 0. The van der Waals surface area contributed by atoms with Crippen molar-refractivity contribution in [3.63, 3.8) is 0 Å². The highest BCUT2D eigenvalue weighted by molar-refractivity contribution is 7.99. The fourth-order valence-corrected chi connectivity index (χ4v) is 1.47. The van der Waals surface area contributed by atoms with Crippen molar-refractivity contribution in [1.82, 2.24) is 9.97 Å². The Bertz CT molecular complexity index is 232. The molecule has 0 aromatic carbocycles. The lowest BCUT2D eigenvalue weighted by atomic mass is 10.5. The first kappa shape index (κ1) is 9.61. The molecule has 0 bridgehead atoms. The maximum absolute atomic E-state index is 5.44. The predicted molar refractivity (Wildman–Crippen MR) is 52.9 cm³/mol. The van der Waals surface area contributed by atoms with E-state index in [-0.39, 0.29) is 0 Å². The molecule has 0 saturated heterocycles. The number of H-pyrrole nitrogens is 1. The van der Waals surface area contributed by atoms with E-state index in [0.717, 1.165) is 17.3 Å². The van der Waals surface area contributed by atoms with E-state index < -0.39 is 0 Å². The van der Waals surface area contributed by atoms with Crippen molar-refractivity contribution in [1.29, 1.82) is 0 Å². The Hall–Kier alpha value is -0.480. The van der Waals surface area contributed by atoms with Crippen LogP contribution in [0.4, 0.5) is 0 Å². The lowest BCUT2D eigenvalue weighted by Gasteiger charge is -2.00. The smallest absolute Gasteiger partial charge is 0.116 e.